The lowest BCUT2D eigenvalue weighted by atomic mass is 10.1. The van der Waals surface area contributed by atoms with Crippen molar-refractivity contribution in [2.75, 3.05) is 0 Å². The van der Waals surface area contributed by atoms with E-state index in [2.05, 4.69) is 37.9 Å². The quantitative estimate of drug-likeness (QED) is 0.720. The number of nitrogens with one attached hydrogen (secondary N) is 1. The van der Waals surface area contributed by atoms with E-state index in [1.54, 1.807) is 0 Å². The molecule has 1 aromatic carbocycles. The van der Waals surface area contributed by atoms with E-state index in [1.165, 1.54) is 11.3 Å². The molecule has 1 aromatic heterocycles. The topological polar surface area (TPSA) is 15.8 Å². The van der Waals surface area contributed by atoms with Crippen LogP contribution in [-0.4, -0.2) is 4.98 Å². The third-order valence-corrected chi connectivity index (χ3v) is 2.79. The SMILES string of the molecule is Cc1cc(Cl)c2cc(C(C)C)[nH]c2c1. The zero-order chi connectivity index (χ0) is 10.3. The molecule has 0 unspecified atom stereocenters. The van der Waals surface area contributed by atoms with E-state index in [1.807, 2.05) is 6.07 Å². The number of benzene rings is 1. The molecule has 0 atom stereocenters. The molecule has 0 saturated carbocycles. The molecule has 0 spiro atoms. The van der Waals surface area contributed by atoms with Crippen LogP contribution >= 0.6 is 11.6 Å². The van der Waals surface area contributed by atoms with Crippen LogP contribution in [0.3, 0.4) is 0 Å². The van der Waals surface area contributed by atoms with E-state index in [-0.39, 0.29) is 0 Å². The molecule has 74 valence electrons. The van der Waals surface area contributed by atoms with Gasteiger partial charge < -0.3 is 4.98 Å². The van der Waals surface area contributed by atoms with Crippen LogP contribution in [-0.2, 0) is 0 Å². The fourth-order valence-corrected chi connectivity index (χ4v) is 1.99. The molecule has 14 heavy (non-hydrogen) atoms. The number of rotatable bonds is 1. The van der Waals surface area contributed by atoms with Gasteiger partial charge in [0.25, 0.3) is 0 Å². The second-order valence-electron chi connectivity index (χ2n) is 4.09. The van der Waals surface area contributed by atoms with E-state index in [0.29, 0.717) is 5.92 Å². The van der Waals surface area contributed by atoms with Crippen molar-refractivity contribution in [2.24, 2.45) is 0 Å². The Labute approximate surface area is 89.1 Å². The Hall–Kier alpha value is -0.950. The molecule has 1 N–H and O–H groups in total. The maximum absolute atomic E-state index is 6.16. The number of aryl methyl sites for hydroxylation is 1. The fourth-order valence-electron chi connectivity index (χ4n) is 1.66. The Morgan fingerprint density at radius 2 is 1.93 bits per heavy atom. The normalized spacial score (nSPS) is 11.5. The summed E-state index contributed by atoms with van der Waals surface area (Å²) in [5.41, 5.74) is 3.57. The van der Waals surface area contributed by atoms with Crippen molar-refractivity contribution in [1.29, 1.82) is 0 Å². The molecule has 0 radical (unpaired) electrons. The molecule has 0 aliphatic heterocycles. The summed E-state index contributed by atoms with van der Waals surface area (Å²) in [7, 11) is 0. The molecule has 0 aliphatic carbocycles. The summed E-state index contributed by atoms with van der Waals surface area (Å²) in [6.45, 7) is 6.40. The van der Waals surface area contributed by atoms with Crippen LogP contribution in [0.25, 0.3) is 10.9 Å². The summed E-state index contributed by atoms with van der Waals surface area (Å²) in [5, 5.41) is 1.96. The van der Waals surface area contributed by atoms with Crippen LogP contribution in [0.2, 0.25) is 5.02 Å². The average molecular weight is 208 g/mol. The maximum atomic E-state index is 6.16. The molecule has 0 bridgehead atoms. The van der Waals surface area contributed by atoms with Crippen molar-refractivity contribution in [1.82, 2.24) is 4.98 Å². The van der Waals surface area contributed by atoms with Gasteiger partial charge in [0.2, 0.25) is 0 Å². The van der Waals surface area contributed by atoms with Crippen LogP contribution < -0.4 is 0 Å². The molecule has 0 aliphatic rings. The lowest BCUT2D eigenvalue weighted by Gasteiger charge is -1.97. The van der Waals surface area contributed by atoms with Gasteiger partial charge in [-0.25, -0.2) is 0 Å². The summed E-state index contributed by atoms with van der Waals surface area (Å²) >= 11 is 6.16. The molecule has 0 fully saturated rings. The van der Waals surface area contributed by atoms with Crippen molar-refractivity contribution in [3.05, 3.63) is 34.5 Å². The number of H-pyrrole nitrogens is 1. The van der Waals surface area contributed by atoms with Crippen molar-refractivity contribution in [3.63, 3.8) is 0 Å². The smallest absolute Gasteiger partial charge is 0.0502 e. The highest BCUT2D eigenvalue weighted by atomic mass is 35.5. The van der Waals surface area contributed by atoms with Gasteiger partial charge in [-0.05, 0) is 36.6 Å². The van der Waals surface area contributed by atoms with Gasteiger partial charge in [-0.1, -0.05) is 25.4 Å². The van der Waals surface area contributed by atoms with Crippen LogP contribution in [0.15, 0.2) is 18.2 Å². The number of hydrogen-bond acceptors (Lipinski definition) is 0. The highest BCUT2D eigenvalue weighted by molar-refractivity contribution is 6.35. The number of fused-ring (bicyclic) bond motifs is 1. The first-order valence-corrected chi connectivity index (χ1v) is 5.24. The van der Waals surface area contributed by atoms with E-state index >= 15 is 0 Å². The summed E-state index contributed by atoms with van der Waals surface area (Å²) in [6, 6.07) is 6.27. The Morgan fingerprint density at radius 3 is 2.57 bits per heavy atom. The van der Waals surface area contributed by atoms with Gasteiger partial charge in [-0.15, -0.1) is 0 Å². The summed E-state index contributed by atoms with van der Waals surface area (Å²) in [5.74, 6) is 0.513. The van der Waals surface area contributed by atoms with Crippen LogP contribution in [0.4, 0.5) is 0 Å². The number of aromatic amines is 1. The van der Waals surface area contributed by atoms with Crippen LogP contribution in [0.5, 0.6) is 0 Å². The monoisotopic (exact) mass is 207 g/mol. The molecule has 1 heterocycles. The van der Waals surface area contributed by atoms with Crippen LogP contribution in [0, 0.1) is 6.92 Å². The van der Waals surface area contributed by atoms with E-state index in [4.69, 9.17) is 11.6 Å². The minimum atomic E-state index is 0.513. The second-order valence-corrected chi connectivity index (χ2v) is 4.49. The third kappa shape index (κ3) is 1.53. The van der Waals surface area contributed by atoms with Gasteiger partial charge in [0.15, 0.2) is 0 Å². The largest absolute Gasteiger partial charge is 0.358 e. The first-order chi connectivity index (χ1) is 6.58. The van der Waals surface area contributed by atoms with Gasteiger partial charge in [-0.3, -0.25) is 0 Å². The standard InChI is InChI=1S/C12H14ClN/c1-7(2)11-6-9-10(13)4-8(3)5-12(9)14-11/h4-7,14H,1-3H3. The lowest BCUT2D eigenvalue weighted by Crippen LogP contribution is -1.84. The average Bonchev–Trinajstić information content (AvgIpc) is 2.47. The molecule has 2 rings (SSSR count). The molecular weight excluding hydrogens is 194 g/mol. The van der Waals surface area contributed by atoms with Crippen LogP contribution in [0.1, 0.15) is 31.0 Å². The summed E-state index contributed by atoms with van der Waals surface area (Å²) in [4.78, 5) is 3.39. The highest BCUT2D eigenvalue weighted by Gasteiger charge is 2.07. The Kier molecular flexibility index (Phi) is 2.28. The van der Waals surface area contributed by atoms with Gasteiger partial charge in [0, 0.05) is 16.6 Å². The minimum Gasteiger partial charge on any atom is -0.358 e. The maximum Gasteiger partial charge on any atom is 0.0502 e. The Morgan fingerprint density at radius 1 is 1.21 bits per heavy atom. The molecule has 2 heteroatoms. The first-order valence-electron chi connectivity index (χ1n) is 4.86. The predicted molar refractivity (Wildman–Crippen MR) is 62.1 cm³/mol. The van der Waals surface area contributed by atoms with E-state index in [9.17, 15) is 0 Å². The Balaban J connectivity index is 2.70. The molecule has 0 saturated heterocycles. The van der Waals surface area contributed by atoms with Crippen molar-refractivity contribution in [3.8, 4) is 0 Å². The molecule has 2 aromatic rings. The fraction of sp³-hybridized carbons (Fsp3) is 0.333. The van der Waals surface area contributed by atoms with E-state index < -0.39 is 0 Å². The number of aromatic nitrogens is 1. The van der Waals surface area contributed by atoms with Crippen molar-refractivity contribution < 1.29 is 0 Å². The van der Waals surface area contributed by atoms with E-state index in [0.717, 1.165) is 15.9 Å². The highest BCUT2D eigenvalue weighted by Crippen LogP contribution is 2.28. The minimum absolute atomic E-state index is 0.513. The molecule has 1 nitrogen and oxygen atoms in total. The van der Waals surface area contributed by atoms with Gasteiger partial charge in [0.05, 0.1) is 5.02 Å². The first kappa shape index (κ1) is 9.60. The Bertz CT molecular complexity index is 468. The van der Waals surface area contributed by atoms with Crippen molar-refractivity contribution in [2.45, 2.75) is 26.7 Å². The second kappa shape index (κ2) is 3.32. The van der Waals surface area contributed by atoms with Gasteiger partial charge >= 0.3 is 0 Å². The zero-order valence-electron chi connectivity index (χ0n) is 8.69. The van der Waals surface area contributed by atoms with Crippen molar-refractivity contribution >= 4 is 22.5 Å². The summed E-state index contributed by atoms with van der Waals surface area (Å²) < 4.78 is 0. The number of hydrogen-bond donors (Lipinski definition) is 1. The number of halogens is 1. The third-order valence-electron chi connectivity index (χ3n) is 2.47. The van der Waals surface area contributed by atoms with Gasteiger partial charge in [-0.2, -0.15) is 0 Å². The molecule has 0 amide bonds. The zero-order valence-corrected chi connectivity index (χ0v) is 9.44. The molecular formula is C12H14ClN. The lowest BCUT2D eigenvalue weighted by molar-refractivity contribution is 0.836. The van der Waals surface area contributed by atoms with Gasteiger partial charge in [0.1, 0.15) is 0 Å². The predicted octanol–water partition coefficient (Wildman–Crippen LogP) is 4.25. The summed E-state index contributed by atoms with van der Waals surface area (Å²) in [6.07, 6.45) is 0.